The number of hydrogen-bond donors (Lipinski definition) is 0. The normalized spacial score (nSPS) is 25.0. The Labute approximate surface area is 148 Å². The Balaban J connectivity index is 1.64. The number of carbonyl (C=O) groups excluding carboxylic acids is 1. The molecule has 2 atom stereocenters. The minimum absolute atomic E-state index is 0.0841. The van der Waals surface area contributed by atoms with Crippen LogP contribution in [0.2, 0.25) is 0 Å². The lowest BCUT2D eigenvalue weighted by Crippen LogP contribution is -2.49. The quantitative estimate of drug-likeness (QED) is 0.755. The van der Waals surface area contributed by atoms with Gasteiger partial charge in [-0.2, -0.15) is 0 Å². The summed E-state index contributed by atoms with van der Waals surface area (Å²) in [6.07, 6.45) is 3.16. The van der Waals surface area contributed by atoms with Crippen molar-refractivity contribution in [2.45, 2.75) is 57.0 Å². The Morgan fingerprint density at radius 1 is 1.20 bits per heavy atom. The minimum atomic E-state index is -3.60. The van der Waals surface area contributed by atoms with Gasteiger partial charge in [0, 0.05) is 26.1 Å². The molecule has 25 heavy (non-hydrogen) atoms. The fraction of sp³-hybridized carbons (Fsp3) is 0.812. The van der Waals surface area contributed by atoms with Gasteiger partial charge in [-0.1, -0.05) is 6.42 Å². The highest BCUT2D eigenvalue weighted by atomic mass is 32.2. The summed E-state index contributed by atoms with van der Waals surface area (Å²) in [4.78, 5) is 14.0. The first kappa shape index (κ1) is 18.3. The molecule has 2 heterocycles. The van der Waals surface area contributed by atoms with Crippen LogP contribution in [0.5, 0.6) is 0 Å². The minimum Gasteiger partial charge on any atom is -0.372 e. The van der Waals surface area contributed by atoms with E-state index in [0.29, 0.717) is 24.8 Å². The van der Waals surface area contributed by atoms with Crippen LogP contribution in [0.25, 0.3) is 0 Å². The van der Waals surface area contributed by atoms with E-state index in [1.54, 1.807) is 16.5 Å². The summed E-state index contributed by atoms with van der Waals surface area (Å²) in [6, 6.07) is 0. The molecule has 0 spiro atoms. The number of ether oxygens (including phenoxy) is 1. The predicted molar refractivity (Wildman–Crippen MR) is 91.7 cm³/mol. The van der Waals surface area contributed by atoms with E-state index < -0.39 is 15.6 Å². The largest absolute Gasteiger partial charge is 0.372 e. The van der Waals surface area contributed by atoms with Crippen molar-refractivity contribution in [1.82, 2.24) is 19.7 Å². The summed E-state index contributed by atoms with van der Waals surface area (Å²) in [7, 11) is -1.80. The molecule has 2 aliphatic rings. The monoisotopic (exact) mass is 370 g/mol. The second kappa shape index (κ2) is 7.03. The topological polar surface area (TPSA) is 94.4 Å². The first-order valence-electron chi connectivity index (χ1n) is 8.77. The molecule has 3 rings (SSSR count). The molecular formula is C16H26N4O4S. The van der Waals surface area contributed by atoms with E-state index in [1.165, 1.54) is 6.42 Å². The highest BCUT2D eigenvalue weighted by Gasteiger charge is 2.31. The van der Waals surface area contributed by atoms with Crippen molar-refractivity contribution in [1.29, 1.82) is 0 Å². The maximum absolute atomic E-state index is 12.5. The van der Waals surface area contributed by atoms with Crippen LogP contribution in [0.4, 0.5) is 0 Å². The smallest absolute Gasteiger partial charge is 0.237 e. The number of hydrogen-bond acceptors (Lipinski definition) is 6. The number of sulfone groups is 1. The first-order chi connectivity index (χ1) is 11.7. The van der Waals surface area contributed by atoms with Gasteiger partial charge in [0.1, 0.15) is 23.2 Å². The zero-order chi connectivity index (χ0) is 18.2. The predicted octanol–water partition coefficient (Wildman–Crippen LogP) is 0.633. The third kappa shape index (κ3) is 4.20. The Morgan fingerprint density at radius 3 is 2.40 bits per heavy atom. The molecule has 0 bridgehead atoms. The second-order valence-corrected chi connectivity index (χ2v) is 9.31. The van der Waals surface area contributed by atoms with E-state index in [2.05, 4.69) is 10.2 Å². The van der Waals surface area contributed by atoms with E-state index in [0.717, 1.165) is 18.7 Å². The van der Waals surface area contributed by atoms with E-state index in [1.807, 2.05) is 13.8 Å². The third-order valence-electron chi connectivity index (χ3n) is 4.93. The van der Waals surface area contributed by atoms with Crippen molar-refractivity contribution >= 4 is 15.7 Å². The van der Waals surface area contributed by atoms with Gasteiger partial charge in [-0.3, -0.25) is 4.79 Å². The fourth-order valence-electron chi connectivity index (χ4n) is 3.43. The van der Waals surface area contributed by atoms with Crippen LogP contribution in [0.15, 0.2) is 0 Å². The van der Waals surface area contributed by atoms with Gasteiger partial charge in [0.15, 0.2) is 9.84 Å². The van der Waals surface area contributed by atoms with Crippen LogP contribution in [0.1, 0.15) is 50.7 Å². The molecule has 9 heteroatoms. The molecule has 2 unspecified atom stereocenters. The van der Waals surface area contributed by atoms with Crippen LogP contribution in [0.3, 0.4) is 0 Å². The lowest BCUT2D eigenvalue weighted by Gasteiger charge is -2.35. The summed E-state index contributed by atoms with van der Waals surface area (Å²) >= 11 is 0. The Kier molecular flexibility index (Phi) is 5.15. The second-order valence-electron chi connectivity index (χ2n) is 7.25. The molecule has 1 saturated carbocycles. The van der Waals surface area contributed by atoms with E-state index in [4.69, 9.17) is 4.74 Å². The van der Waals surface area contributed by atoms with Gasteiger partial charge in [0.2, 0.25) is 5.91 Å². The van der Waals surface area contributed by atoms with Crippen molar-refractivity contribution in [3.63, 3.8) is 0 Å². The zero-order valence-corrected chi connectivity index (χ0v) is 15.8. The summed E-state index contributed by atoms with van der Waals surface area (Å²) in [5.41, 5.74) is 0. The maximum atomic E-state index is 12.5. The average molecular weight is 370 g/mol. The molecular weight excluding hydrogens is 344 g/mol. The first-order valence-corrected chi connectivity index (χ1v) is 10.6. The fourth-order valence-corrected chi connectivity index (χ4v) is 4.74. The van der Waals surface area contributed by atoms with Crippen LogP contribution < -0.4 is 0 Å². The summed E-state index contributed by atoms with van der Waals surface area (Å²) in [5.74, 6) is 0.495. The van der Waals surface area contributed by atoms with Crippen molar-refractivity contribution in [2.75, 3.05) is 18.8 Å². The standard InChI is InChI=1S/C16H26N4O4S/c1-11-7-20(8-12(2)24-11)15(21)10-25(22,23)9-14-17-18-16(19(14)3)13-5-4-6-13/h11-13H,4-10H2,1-3H3. The number of amides is 1. The van der Waals surface area contributed by atoms with Gasteiger partial charge in [-0.25, -0.2) is 8.42 Å². The van der Waals surface area contributed by atoms with Crippen molar-refractivity contribution < 1.29 is 17.9 Å². The average Bonchev–Trinajstić information content (AvgIpc) is 2.77. The molecule has 1 aromatic rings. The number of aromatic nitrogens is 3. The zero-order valence-electron chi connectivity index (χ0n) is 15.0. The van der Waals surface area contributed by atoms with Gasteiger partial charge in [-0.15, -0.1) is 10.2 Å². The molecule has 1 aromatic heterocycles. The summed E-state index contributed by atoms with van der Waals surface area (Å²) < 4.78 is 32.3. The van der Waals surface area contributed by atoms with E-state index in [9.17, 15) is 13.2 Å². The molecule has 1 amide bonds. The molecule has 0 aromatic carbocycles. The van der Waals surface area contributed by atoms with Gasteiger partial charge in [-0.05, 0) is 26.7 Å². The lowest BCUT2D eigenvalue weighted by molar-refractivity contribution is -0.140. The maximum Gasteiger partial charge on any atom is 0.237 e. The Bertz CT molecular complexity index is 731. The number of morpholine rings is 1. The number of carbonyl (C=O) groups is 1. The lowest BCUT2D eigenvalue weighted by atomic mass is 9.85. The van der Waals surface area contributed by atoms with Gasteiger partial charge in [0.25, 0.3) is 0 Å². The van der Waals surface area contributed by atoms with Crippen LogP contribution in [-0.4, -0.2) is 65.0 Å². The SMILES string of the molecule is CC1CN(C(=O)CS(=O)(=O)Cc2nnc(C3CCC3)n2C)CC(C)O1. The third-order valence-corrected chi connectivity index (χ3v) is 6.32. The van der Waals surface area contributed by atoms with Crippen LogP contribution in [-0.2, 0) is 32.2 Å². The summed E-state index contributed by atoms with van der Waals surface area (Å²) in [6.45, 7) is 4.61. The molecule has 8 nitrogen and oxygen atoms in total. The molecule has 2 fully saturated rings. The van der Waals surface area contributed by atoms with Crippen LogP contribution in [0, 0.1) is 0 Å². The van der Waals surface area contributed by atoms with E-state index in [-0.39, 0.29) is 23.9 Å². The van der Waals surface area contributed by atoms with Crippen molar-refractivity contribution in [2.24, 2.45) is 7.05 Å². The highest BCUT2D eigenvalue weighted by Crippen LogP contribution is 2.35. The Hall–Kier alpha value is -1.48. The highest BCUT2D eigenvalue weighted by molar-refractivity contribution is 7.91. The Morgan fingerprint density at radius 2 is 1.84 bits per heavy atom. The van der Waals surface area contributed by atoms with E-state index >= 15 is 0 Å². The molecule has 0 N–H and O–H groups in total. The van der Waals surface area contributed by atoms with Crippen molar-refractivity contribution in [3.05, 3.63) is 11.6 Å². The van der Waals surface area contributed by atoms with Crippen molar-refractivity contribution in [3.8, 4) is 0 Å². The molecule has 0 radical (unpaired) electrons. The van der Waals surface area contributed by atoms with Gasteiger partial charge in [0.05, 0.1) is 12.2 Å². The van der Waals surface area contributed by atoms with Crippen LogP contribution >= 0.6 is 0 Å². The van der Waals surface area contributed by atoms with Gasteiger partial charge < -0.3 is 14.2 Å². The summed E-state index contributed by atoms with van der Waals surface area (Å²) in [5, 5.41) is 8.18. The molecule has 1 aliphatic heterocycles. The number of rotatable bonds is 5. The molecule has 1 saturated heterocycles. The van der Waals surface area contributed by atoms with Gasteiger partial charge >= 0.3 is 0 Å². The molecule has 1 aliphatic carbocycles. The molecule has 140 valence electrons. The number of nitrogens with zero attached hydrogens (tertiary/aromatic N) is 4.